The second kappa shape index (κ2) is 6.19. The van der Waals surface area contributed by atoms with E-state index in [0.717, 1.165) is 39.1 Å². The topological polar surface area (TPSA) is 52.3 Å². The zero-order valence-electron chi connectivity index (χ0n) is 11.8. The Balaban J connectivity index is 1.99. The van der Waals surface area contributed by atoms with Gasteiger partial charge in [0.2, 0.25) is 5.16 Å². The summed E-state index contributed by atoms with van der Waals surface area (Å²) in [5, 5.41) is 14.6. The number of benzene rings is 1. The van der Waals surface area contributed by atoms with Crippen molar-refractivity contribution in [3.8, 4) is 17.1 Å². The normalized spacial score (nSPS) is 14.0. The fourth-order valence-electron chi connectivity index (χ4n) is 1.99. The predicted octanol–water partition coefficient (Wildman–Crippen LogP) is 3.44. The number of fused-ring (bicyclic) bond motifs is 1. The van der Waals surface area contributed by atoms with Crippen LogP contribution in [0.15, 0.2) is 34.5 Å². The summed E-state index contributed by atoms with van der Waals surface area (Å²) in [5.74, 6) is 2.41. The molecule has 1 aromatic heterocycles. The fourth-order valence-corrected chi connectivity index (χ4v) is 3.37. The Hall–Kier alpha value is -1.34. The number of halogens is 1. The highest BCUT2D eigenvalue weighted by Crippen LogP contribution is 2.29. The molecule has 0 fully saturated rings. The van der Waals surface area contributed by atoms with Gasteiger partial charge in [0.25, 0.3) is 0 Å². The summed E-state index contributed by atoms with van der Waals surface area (Å²) in [6.07, 6.45) is 0.140. The third-order valence-electron chi connectivity index (χ3n) is 2.84. The monoisotopic (exact) mass is 366 g/mol. The van der Waals surface area contributed by atoms with Gasteiger partial charge in [0.05, 0.1) is 11.8 Å². The predicted molar refractivity (Wildman–Crippen MR) is 88.6 cm³/mol. The summed E-state index contributed by atoms with van der Waals surface area (Å²) < 4.78 is 7.54. The van der Waals surface area contributed by atoms with Gasteiger partial charge in [-0.2, -0.15) is 9.78 Å². The smallest absolute Gasteiger partial charge is 0.212 e. The first-order valence-electron chi connectivity index (χ1n) is 6.65. The number of nitrogens with zero attached hydrogens (tertiary/aromatic N) is 4. The van der Waals surface area contributed by atoms with Gasteiger partial charge in [-0.1, -0.05) is 39.8 Å². The van der Waals surface area contributed by atoms with E-state index in [4.69, 9.17) is 4.74 Å². The summed E-state index contributed by atoms with van der Waals surface area (Å²) in [6, 6.07) is 7.87. The lowest BCUT2D eigenvalue weighted by Gasteiger charge is -2.13. The van der Waals surface area contributed by atoms with Crippen molar-refractivity contribution in [2.24, 2.45) is 5.10 Å². The van der Waals surface area contributed by atoms with Crippen LogP contribution in [0.2, 0.25) is 0 Å². The van der Waals surface area contributed by atoms with Crippen molar-refractivity contribution in [1.82, 2.24) is 14.9 Å². The number of aromatic nitrogens is 3. The van der Waals surface area contributed by atoms with Crippen molar-refractivity contribution >= 4 is 33.4 Å². The zero-order chi connectivity index (χ0) is 14.8. The molecule has 0 atom stereocenters. The van der Waals surface area contributed by atoms with Gasteiger partial charge in [0.15, 0.2) is 5.82 Å². The first kappa shape index (κ1) is 14.6. The van der Waals surface area contributed by atoms with Crippen LogP contribution in [-0.2, 0) is 0 Å². The first-order chi connectivity index (χ1) is 10.2. The van der Waals surface area contributed by atoms with E-state index in [-0.39, 0.29) is 6.10 Å². The zero-order valence-corrected chi connectivity index (χ0v) is 14.2. The van der Waals surface area contributed by atoms with Gasteiger partial charge in [-0.25, -0.2) is 0 Å². The molecule has 1 aliphatic heterocycles. The molecule has 0 unspecified atom stereocenters. The summed E-state index contributed by atoms with van der Waals surface area (Å²) in [6.45, 7) is 4.02. The number of rotatable bonds is 4. The van der Waals surface area contributed by atoms with Crippen molar-refractivity contribution in [2.75, 3.05) is 11.1 Å². The van der Waals surface area contributed by atoms with Crippen LogP contribution in [-0.4, -0.2) is 37.8 Å². The Kier molecular flexibility index (Phi) is 4.30. The van der Waals surface area contributed by atoms with Crippen LogP contribution < -0.4 is 4.74 Å². The van der Waals surface area contributed by atoms with Crippen LogP contribution in [0.1, 0.15) is 13.8 Å². The molecule has 2 aromatic rings. The molecule has 1 aromatic carbocycles. The molecule has 0 saturated carbocycles. The third-order valence-corrected chi connectivity index (χ3v) is 4.48. The number of hydrogen-bond acceptors (Lipinski definition) is 5. The Labute approximate surface area is 135 Å². The molecule has 0 aliphatic carbocycles. The fraction of sp³-hybridized carbons (Fsp3) is 0.357. The number of alkyl halides is 1. The Morgan fingerprint density at radius 3 is 3.00 bits per heavy atom. The molecule has 3 rings (SSSR count). The minimum atomic E-state index is 0.140. The second-order valence-corrected chi connectivity index (χ2v) is 6.40. The molecule has 0 N–H and O–H groups in total. The highest BCUT2D eigenvalue weighted by atomic mass is 79.9. The average molecular weight is 367 g/mol. The molecule has 110 valence electrons. The maximum atomic E-state index is 5.73. The van der Waals surface area contributed by atoms with E-state index in [1.807, 2.05) is 38.1 Å². The van der Waals surface area contributed by atoms with Crippen molar-refractivity contribution in [3.63, 3.8) is 0 Å². The van der Waals surface area contributed by atoms with Crippen molar-refractivity contribution < 1.29 is 4.74 Å². The molecule has 5 nitrogen and oxygen atoms in total. The van der Waals surface area contributed by atoms with Gasteiger partial charge in [0.1, 0.15) is 5.75 Å². The minimum absolute atomic E-state index is 0.140. The number of ether oxygens (including phenoxy) is 1. The first-order valence-corrected chi connectivity index (χ1v) is 8.76. The molecule has 1 aliphatic rings. The van der Waals surface area contributed by atoms with Crippen molar-refractivity contribution in [2.45, 2.75) is 25.1 Å². The summed E-state index contributed by atoms with van der Waals surface area (Å²) >= 11 is 5.10. The standard InChI is InChI=1S/C14H15BrN4OS/c1-9(2)20-12-5-3-4-10(6-12)13-16-17-14-19(13)18-11(7-15)8-21-14/h3-6,9H,7-8H2,1-2H3. The van der Waals surface area contributed by atoms with Crippen LogP contribution in [0.5, 0.6) is 5.75 Å². The Morgan fingerprint density at radius 2 is 2.24 bits per heavy atom. The highest BCUT2D eigenvalue weighted by Gasteiger charge is 2.19. The van der Waals surface area contributed by atoms with Gasteiger partial charge in [-0.3, -0.25) is 0 Å². The van der Waals surface area contributed by atoms with Gasteiger partial charge >= 0.3 is 0 Å². The maximum Gasteiger partial charge on any atom is 0.212 e. The molecule has 0 amide bonds. The van der Waals surface area contributed by atoms with E-state index in [1.165, 1.54) is 0 Å². The van der Waals surface area contributed by atoms with Gasteiger partial charge in [0, 0.05) is 16.6 Å². The lowest BCUT2D eigenvalue weighted by atomic mass is 10.2. The molecule has 0 radical (unpaired) electrons. The van der Waals surface area contributed by atoms with E-state index in [2.05, 4.69) is 31.2 Å². The van der Waals surface area contributed by atoms with Gasteiger partial charge in [-0.15, -0.1) is 10.2 Å². The molecule has 21 heavy (non-hydrogen) atoms. The quantitative estimate of drug-likeness (QED) is 0.777. The van der Waals surface area contributed by atoms with E-state index < -0.39 is 0 Å². The van der Waals surface area contributed by atoms with Crippen molar-refractivity contribution in [1.29, 1.82) is 0 Å². The van der Waals surface area contributed by atoms with Crippen LogP contribution in [0, 0.1) is 0 Å². The molecular weight excluding hydrogens is 352 g/mol. The van der Waals surface area contributed by atoms with E-state index in [9.17, 15) is 0 Å². The summed E-state index contributed by atoms with van der Waals surface area (Å²) in [7, 11) is 0. The maximum absolute atomic E-state index is 5.73. The van der Waals surface area contributed by atoms with Crippen LogP contribution in [0.3, 0.4) is 0 Å². The third kappa shape index (κ3) is 3.13. The van der Waals surface area contributed by atoms with Gasteiger partial charge < -0.3 is 4.74 Å². The van der Waals surface area contributed by atoms with Gasteiger partial charge in [-0.05, 0) is 26.0 Å². The number of hydrogen-bond donors (Lipinski definition) is 0. The minimum Gasteiger partial charge on any atom is -0.491 e. The van der Waals surface area contributed by atoms with Crippen LogP contribution >= 0.6 is 27.7 Å². The Bertz CT molecular complexity index is 683. The molecule has 0 spiro atoms. The SMILES string of the molecule is CC(C)Oc1cccc(-c2nnc3n2N=C(CBr)CS3)c1. The lowest BCUT2D eigenvalue weighted by Crippen LogP contribution is -2.13. The lowest BCUT2D eigenvalue weighted by molar-refractivity contribution is 0.242. The summed E-state index contributed by atoms with van der Waals surface area (Å²) in [5.41, 5.74) is 2.02. The van der Waals surface area contributed by atoms with Crippen LogP contribution in [0.4, 0.5) is 0 Å². The average Bonchev–Trinajstić information content (AvgIpc) is 2.89. The van der Waals surface area contributed by atoms with E-state index in [1.54, 1.807) is 16.4 Å². The molecule has 0 bridgehead atoms. The van der Waals surface area contributed by atoms with E-state index >= 15 is 0 Å². The molecular formula is C14H15BrN4OS. The molecule has 7 heteroatoms. The van der Waals surface area contributed by atoms with E-state index in [0.29, 0.717) is 0 Å². The number of thioether (sulfide) groups is 1. The summed E-state index contributed by atoms with van der Waals surface area (Å²) in [4.78, 5) is 0. The highest BCUT2D eigenvalue weighted by molar-refractivity contribution is 9.09. The second-order valence-electron chi connectivity index (χ2n) is 4.90. The molecule has 2 heterocycles. The van der Waals surface area contributed by atoms with Crippen molar-refractivity contribution in [3.05, 3.63) is 24.3 Å². The Morgan fingerprint density at radius 1 is 1.38 bits per heavy atom. The largest absolute Gasteiger partial charge is 0.491 e. The molecule has 0 saturated heterocycles. The van der Waals surface area contributed by atoms with Crippen LogP contribution in [0.25, 0.3) is 11.4 Å².